The van der Waals surface area contributed by atoms with Crippen molar-refractivity contribution in [2.24, 2.45) is 0 Å². The van der Waals surface area contributed by atoms with E-state index in [2.05, 4.69) is 42.6 Å². The summed E-state index contributed by atoms with van der Waals surface area (Å²) in [6.07, 6.45) is 5.35. The SMILES string of the molecule is CCCNC(CCC(C)(C)OC)c1snnc1CCC. The Hall–Kier alpha value is -0.520. The highest BCUT2D eigenvalue weighted by molar-refractivity contribution is 7.05. The Morgan fingerprint density at radius 3 is 2.65 bits per heavy atom. The van der Waals surface area contributed by atoms with Crippen molar-refractivity contribution in [1.82, 2.24) is 14.9 Å². The van der Waals surface area contributed by atoms with Gasteiger partial charge in [0, 0.05) is 13.2 Å². The van der Waals surface area contributed by atoms with E-state index in [1.807, 2.05) is 0 Å². The Morgan fingerprint density at radius 1 is 1.30 bits per heavy atom. The maximum atomic E-state index is 5.53. The summed E-state index contributed by atoms with van der Waals surface area (Å²) in [6, 6.07) is 0.353. The Morgan fingerprint density at radius 2 is 2.05 bits per heavy atom. The summed E-state index contributed by atoms with van der Waals surface area (Å²) in [4.78, 5) is 1.31. The van der Waals surface area contributed by atoms with Crippen LogP contribution in [0, 0.1) is 0 Å². The fraction of sp³-hybridized carbons (Fsp3) is 0.867. The molecule has 1 atom stereocenters. The fourth-order valence-electron chi connectivity index (χ4n) is 2.13. The zero-order chi connectivity index (χ0) is 15.0. The van der Waals surface area contributed by atoms with E-state index in [1.54, 1.807) is 18.6 Å². The third kappa shape index (κ3) is 5.46. The summed E-state index contributed by atoms with van der Waals surface area (Å²) in [5.74, 6) is 0. The van der Waals surface area contributed by atoms with Crippen LogP contribution in [0.5, 0.6) is 0 Å². The molecule has 0 aliphatic heterocycles. The zero-order valence-corrected chi connectivity index (χ0v) is 14.3. The second-order valence-corrected chi connectivity index (χ2v) is 6.63. The summed E-state index contributed by atoms with van der Waals surface area (Å²) in [6.45, 7) is 9.69. The quantitative estimate of drug-likeness (QED) is 0.715. The lowest BCUT2D eigenvalue weighted by molar-refractivity contribution is 0.0117. The van der Waals surface area contributed by atoms with E-state index in [1.165, 1.54) is 10.6 Å². The van der Waals surface area contributed by atoms with Gasteiger partial charge in [-0.2, -0.15) is 0 Å². The molecule has 0 fully saturated rings. The van der Waals surface area contributed by atoms with E-state index < -0.39 is 0 Å². The van der Waals surface area contributed by atoms with Crippen LogP contribution in [-0.4, -0.2) is 28.8 Å². The monoisotopic (exact) mass is 299 g/mol. The Labute approximate surface area is 127 Å². The number of aryl methyl sites for hydroxylation is 1. The van der Waals surface area contributed by atoms with Crippen molar-refractivity contribution in [3.63, 3.8) is 0 Å². The van der Waals surface area contributed by atoms with Gasteiger partial charge in [-0.25, -0.2) is 0 Å². The molecule has 20 heavy (non-hydrogen) atoms. The molecule has 0 aliphatic rings. The van der Waals surface area contributed by atoms with E-state index in [0.29, 0.717) is 6.04 Å². The molecule has 1 aromatic rings. The molecule has 0 saturated heterocycles. The van der Waals surface area contributed by atoms with E-state index in [9.17, 15) is 0 Å². The molecule has 116 valence electrons. The number of hydrogen-bond donors (Lipinski definition) is 1. The molecular weight excluding hydrogens is 270 g/mol. The first-order chi connectivity index (χ1) is 9.54. The molecule has 1 aromatic heterocycles. The highest BCUT2D eigenvalue weighted by Crippen LogP contribution is 2.28. The van der Waals surface area contributed by atoms with Gasteiger partial charge < -0.3 is 10.1 Å². The summed E-state index contributed by atoms with van der Waals surface area (Å²) >= 11 is 1.54. The second-order valence-electron chi connectivity index (χ2n) is 5.84. The number of ether oxygens (including phenoxy) is 1. The number of aromatic nitrogens is 2. The predicted molar refractivity (Wildman–Crippen MR) is 85.3 cm³/mol. The lowest BCUT2D eigenvalue weighted by atomic mass is 9.97. The van der Waals surface area contributed by atoms with Crippen molar-refractivity contribution < 1.29 is 4.74 Å². The molecule has 0 spiro atoms. The number of methoxy groups -OCH3 is 1. The minimum Gasteiger partial charge on any atom is -0.379 e. The molecule has 0 amide bonds. The molecule has 0 radical (unpaired) electrons. The molecule has 1 heterocycles. The van der Waals surface area contributed by atoms with Crippen molar-refractivity contribution >= 4 is 11.5 Å². The maximum Gasteiger partial charge on any atom is 0.0803 e. The Balaban J connectivity index is 2.74. The van der Waals surface area contributed by atoms with Crippen LogP contribution in [0.15, 0.2) is 0 Å². The van der Waals surface area contributed by atoms with E-state index in [-0.39, 0.29) is 5.60 Å². The first kappa shape index (κ1) is 17.5. The van der Waals surface area contributed by atoms with E-state index in [4.69, 9.17) is 4.74 Å². The summed E-state index contributed by atoms with van der Waals surface area (Å²) < 4.78 is 9.69. The highest BCUT2D eigenvalue weighted by Gasteiger charge is 2.23. The van der Waals surface area contributed by atoms with Gasteiger partial charge in [0.15, 0.2) is 0 Å². The molecule has 1 unspecified atom stereocenters. The smallest absolute Gasteiger partial charge is 0.0803 e. The van der Waals surface area contributed by atoms with Crippen molar-refractivity contribution in [3.8, 4) is 0 Å². The van der Waals surface area contributed by atoms with Crippen LogP contribution >= 0.6 is 11.5 Å². The van der Waals surface area contributed by atoms with Gasteiger partial charge in [-0.15, -0.1) is 5.10 Å². The molecule has 1 N–H and O–H groups in total. The largest absolute Gasteiger partial charge is 0.379 e. The molecule has 0 bridgehead atoms. The van der Waals surface area contributed by atoms with Gasteiger partial charge in [0.25, 0.3) is 0 Å². The Bertz CT molecular complexity index is 379. The van der Waals surface area contributed by atoms with Crippen LogP contribution in [0.3, 0.4) is 0 Å². The van der Waals surface area contributed by atoms with Crippen molar-refractivity contribution in [3.05, 3.63) is 10.6 Å². The Kier molecular flexibility index (Phi) is 7.62. The van der Waals surface area contributed by atoms with Crippen LogP contribution in [0.1, 0.15) is 70.0 Å². The fourth-order valence-corrected chi connectivity index (χ4v) is 2.93. The van der Waals surface area contributed by atoms with Gasteiger partial charge in [0.2, 0.25) is 0 Å². The molecule has 0 aromatic carbocycles. The third-order valence-electron chi connectivity index (χ3n) is 3.62. The van der Waals surface area contributed by atoms with Gasteiger partial charge in [-0.3, -0.25) is 0 Å². The molecule has 0 saturated carbocycles. The average molecular weight is 299 g/mol. The first-order valence-electron chi connectivity index (χ1n) is 7.63. The third-order valence-corrected chi connectivity index (χ3v) is 4.50. The van der Waals surface area contributed by atoms with Gasteiger partial charge in [0.05, 0.1) is 16.2 Å². The first-order valence-corrected chi connectivity index (χ1v) is 8.41. The molecule has 0 aliphatic carbocycles. The lowest BCUT2D eigenvalue weighted by Crippen LogP contribution is -2.28. The van der Waals surface area contributed by atoms with Crippen molar-refractivity contribution in [2.45, 2.75) is 71.4 Å². The summed E-state index contributed by atoms with van der Waals surface area (Å²) in [5, 5.41) is 7.94. The molecule has 1 rings (SSSR count). The normalized spacial score (nSPS) is 13.7. The standard InChI is InChI=1S/C15H29N3OS/c1-6-8-13-14(20-18-17-13)12(16-11-7-2)9-10-15(3,4)19-5/h12,16H,6-11H2,1-5H3. The van der Waals surface area contributed by atoms with Crippen LogP contribution in [0.25, 0.3) is 0 Å². The minimum atomic E-state index is -0.0742. The van der Waals surface area contributed by atoms with Crippen LogP contribution in [0.2, 0.25) is 0 Å². The number of nitrogens with one attached hydrogen (secondary N) is 1. The summed E-state index contributed by atoms with van der Waals surface area (Å²) in [7, 11) is 1.78. The van der Waals surface area contributed by atoms with E-state index in [0.717, 1.165) is 38.6 Å². The number of hydrogen-bond acceptors (Lipinski definition) is 5. The lowest BCUT2D eigenvalue weighted by Gasteiger charge is -2.26. The zero-order valence-electron chi connectivity index (χ0n) is 13.5. The van der Waals surface area contributed by atoms with Crippen molar-refractivity contribution in [1.29, 1.82) is 0 Å². The van der Waals surface area contributed by atoms with Crippen LogP contribution in [0.4, 0.5) is 0 Å². The summed E-state index contributed by atoms with van der Waals surface area (Å²) in [5.41, 5.74) is 1.09. The van der Waals surface area contributed by atoms with Gasteiger partial charge >= 0.3 is 0 Å². The molecule has 4 nitrogen and oxygen atoms in total. The van der Waals surface area contributed by atoms with Gasteiger partial charge in [-0.05, 0) is 57.6 Å². The second kappa shape index (κ2) is 8.70. The molecular formula is C15H29N3OS. The minimum absolute atomic E-state index is 0.0742. The average Bonchev–Trinajstić information content (AvgIpc) is 2.88. The van der Waals surface area contributed by atoms with E-state index >= 15 is 0 Å². The predicted octanol–water partition coefficient (Wildman–Crippen LogP) is 3.74. The number of rotatable bonds is 10. The topological polar surface area (TPSA) is 47.0 Å². The van der Waals surface area contributed by atoms with Gasteiger partial charge in [-0.1, -0.05) is 24.8 Å². The molecule has 5 heteroatoms. The highest BCUT2D eigenvalue weighted by atomic mass is 32.1. The van der Waals surface area contributed by atoms with Gasteiger partial charge in [0.1, 0.15) is 0 Å². The van der Waals surface area contributed by atoms with Crippen LogP contribution < -0.4 is 5.32 Å². The number of nitrogens with zero attached hydrogens (tertiary/aromatic N) is 2. The van der Waals surface area contributed by atoms with Crippen LogP contribution in [-0.2, 0) is 11.2 Å². The van der Waals surface area contributed by atoms with Crippen molar-refractivity contribution in [2.75, 3.05) is 13.7 Å². The maximum absolute atomic E-state index is 5.53.